The third-order valence-corrected chi connectivity index (χ3v) is 4.26. The lowest BCUT2D eigenvalue weighted by Crippen LogP contribution is -2.31. The first-order valence-electron chi connectivity index (χ1n) is 4.37. The molecule has 11 heavy (non-hydrogen) atoms. The summed E-state index contributed by atoms with van der Waals surface area (Å²) in [5.41, 5.74) is 0. The molecular weight excluding hydrogens is 156 g/mol. The Balaban J connectivity index is 3.43. The van der Waals surface area contributed by atoms with Gasteiger partial charge in [-0.2, -0.15) is 0 Å². The van der Waals surface area contributed by atoms with Crippen LogP contribution in [0.1, 0.15) is 19.8 Å². The second kappa shape index (κ2) is 5.74. The third-order valence-electron chi connectivity index (χ3n) is 1.72. The standard InChI is InChI=1S/C8H20O2Si/c1-4-5-8-11(2,3)10-7-6-9/h9H,4-8H2,1-3H3. The van der Waals surface area contributed by atoms with Crippen molar-refractivity contribution < 1.29 is 9.53 Å². The molecule has 0 aromatic rings. The number of unbranched alkanes of at least 4 members (excludes halogenated alkanes) is 1. The monoisotopic (exact) mass is 176 g/mol. The predicted molar refractivity (Wildman–Crippen MR) is 50.2 cm³/mol. The molecule has 0 aliphatic rings. The van der Waals surface area contributed by atoms with E-state index in [2.05, 4.69) is 20.0 Å². The molecule has 0 saturated heterocycles. The van der Waals surface area contributed by atoms with Crippen molar-refractivity contribution in [2.24, 2.45) is 0 Å². The lowest BCUT2D eigenvalue weighted by molar-refractivity contribution is 0.195. The fraction of sp³-hybridized carbons (Fsp3) is 1.00. The van der Waals surface area contributed by atoms with Crippen LogP contribution in [0.25, 0.3) is 0 Å². The molecule has 0 saturated carbocycles. The van der Waals surface area contributed by atoms with Crippen molar-refractivity contribution in [2.45, 2.75) is 38.9 Å². The van der Waals surface area contributed by atoms with Crippen LogP contribution in [-0.4, -0.2) is 26.6 Å². The minimum atomic E-state index is -1.41. The van der Waals surface area contributed by atoms with Crippen molar-refractivity contribution >= 4 is 8.32 Å². The van der Waals surface area contributed by atoms with E-state index in [1.807, 2.05) is 0 Å². The maximum Gasteiger partial charge on any atom is 0.186 e. The van der Waals surface area contributed by atoms with Gasteiger partial charge in [0.2, 0.25) is 0 Å². The van der Waals surface area contributed by atoms with Gasteiger partial charge in [-0.3, -0.25) is 0 Å². The Labute approximate surface area is 70.7 Å². The Hall–Kier alpha value is 0.137. The van der Waals surface area contributed by atoms with Gasteiger partial charge >= 0.3 is 0 Å². The maximum absolute atomic E-state index is 8.55. The van der Waals surface area contributed by atoms with Crippen LogP contribution >= 0.6 is 0 Å². The second-order valence-corrected chi connectivity index (χ2v) is 7.74. The molecule has 0 heterocycles. The molecule has 0 aromatic heterocycles. The Morgan fingerprint density at radius 2 is 2.00 bits per heavy atom. The van der Waals surface area contributed by atoms with Gasteiger partial charge in [-0.25, -0.2) is 0 Å². The minimum Gasteiger partial charge on any atom is -0.415 e. The highest BCUT2D eigenvalue weighted by Gasteiger charge is 2.20. The van der Waals surface area contributed by atoms with Gasteiger partial charge in [0, 0.05) is 0 Å². The zero-order valence-corrected chi connectivity index (χ0v) is 8.89. The van der Waals surface area contributed by atoms with Crippen molar-refractivity contribution in [1.82, 2.24) is 0 Å². The summed E-state index contributed by atoms with van der Waals surface area (Å²) in [6, 6.07) is 1.21. The topological polar surface area (TPSA) is 29.5 Å². The highest BCUT2D eigenvalue weighted by molar-refractivity contribution is 6.71. The number of rotatable bonds is 6. The van der Waals surface area contributed by atoms with Gasteiger partial charge in [0.1, 0.15) is 0 Å². The molecular formula is C8H20O2Si. The Morgan fingerprint density at radius 1 is 1.36 bits per heavy atom. The highest BCUT2D eigenvalue weighted by atomic mass is 28.4. The molecule has 1 N–H and O–H groups in total. The first-order valence-corrected chi connectivity index (χ1v) is 7.49. The molecule has 0 aromatic carbocycles. The molecule has 3 heteroatoms. The number of hydrogen-bond acceptors (Lipinski definition) is 2. The summed E-state index contributed by atoms with van der Waals surface area (Å²) in [6.07, 6.45) is 2.49. The quantitative estimate of drug-likeness (QED) is 0.627. The molecule has 0 fully saturated rings. The van der Waals surface area contributed by atoms with Crippen LogP contribution in [0, 0.1) is 0 Å². The molecule has 68 valence electrons. The Bertz CT molecular complexity index is 84.1. The van der Waals surface area contributed by atoms with Gasteiger partial charge < -0.3 is 9.53 Å². The smallest absolute Gasteiger partial charge is 0.186 e. The van der Waals surface area contributed by atoms with Crippen molar-refractivity contribution in [3.63, 3.8) is 0 Å². The van der Waals surface area contributed by atoms with Gasteiger partial charge in [0.25, 0.3) is 0 Å². The van der Waals surface area contributed by atoms with E-state index in [-0.39, 0.29) is 6.61 Å². The van der Waals surface area contributed by atoms with Crippen LogP contribution in [0.3, 0.4) is 0 Å². The van der Waals surface area contributed by atoms with Crippen LogP contribution < -0.4 is 0 Å². The summed E-state index contributed by atoms with van der Waals surface area (Å²) in [6.45, 7) is 7.28. The predicted octanol–water partition coefficient (Wildman–Crippen LogP) is 2.00. The summed E-state index contributed by atoms with van der Waals surface area (Å²) >= 11 is 0. The lowest BCUT2D eigenvalue weighted by Gasteiger charge is -2.21. The molecule has 0 bridgehead atoms. The average molecular weight is 176 g/mol. The molecule has 0 amide bonds. The first kappa shape index (κ1) is 11.1. The van der Waals surface area contributed by atoms with Crippen LogP contribution in [0.5, 0.6) is 0 Å². The van der Waals surface area contributed by atoms with E-state index >= 15 is 0 Å². The fourth-order valence-corrected chi connectivity index (χ4v) is 2.99. The Kier molecular flexibility index (Phi) is 5.82. The maximum atomic E-state index is 8.55. The summed E-state index contributed by atoms with van der Waals surface area (Å²) in [5.74, 6) is 0. The molecule has 0 spiro atoms. The van der Waals surface area contributed by atoms with Crippen LogP contribution in [0.15, 0.2) is 0 Å². The van der Waals surface area contributed by atoms with E-state index in [9.17, 15) is 0 Å². The number of aliphatic hydroxyl groups excluding tert-OH is 1. The van der Waals surface area contributed by atoms with Gasteiger partial charge in [-0.15, -0.1) is 0 Å². The van der Waals surface area contributed by atoms with Crippen molar-refractivity contribution in [3.8, 4) is 0 Å². The van der Waals surface area contributed by atoms with Gasteiger partial charge in [0.15, 0.2) is 8.32 Å². The molecule has 0 rings (SSSR count). The van der Waals surface area contributed by atoms with E-state index < -0.39 is 8.32 Å². The van der Waals surface area contributed by atoms with Crippen LogP contribution in [-0.2, 0) is 4.43 Å². The SMILES string of the molecule is CCCC[Si](C)(C)OCCO. The summed E-state index contributed by atoms with van der Waals surface area (Å²) in [7, 11) is -1.41. The highest BCUT2D eigenvalue weighted by Crippen LogP contribution is 2.14. The van der Waals surface area contributed by atoms with Gasteiger partial charge in [0.05, 0.1) is 13.2 Å². The molecule has 0 unspecified atom stereocenters. The lowest BCUT2D eigenvalue weighted by atomic mass is 10.4. The van der Waals surface area contributed by atoms with Crippen LogP contribution in [0.4, 0.5) is 0 Å². The van der Waals surface area contributed by atoms with E-state index in [0.29, 0.717) is 6.61 Å². The van der Waals surface area contributed by atoms with Crippen molar-refractivity contribution in [3.05, 3.63) is 0 Å². The van der Waals surface area contributed by atoms with Crippen molar-refractivity contribution in [2.75, 3.05) is 13.2 Å². The fourth-order valence-electron chi connectivity index (χ4n) is 0.997. The zero-order chi connectivity index (χ0) is 8.74. The normalized spacial score (nSPS) is 12.0. The van der Waals surface area contributed by atoms with Gasteiger partial charge in [-0.1, -0.05) is 19.8 Å². The van der Waals surface area contributed by atoms with E-state index in [0.717, 1.165) is 0 Å². The average Bonchev–Trinajstić information content (AvgIpc) is 1.97. The minimum absolute atomic E-state index is 0.155. The first-order chi connectivity index (χ1) is 5.12. The molecule has 0 radical (unpaired) electrons. The summed E-state index contributed by atoms with van der Waals surface area (Å²) in [5, 5.41) is 8.55. The van der Waals surface area contributed by atoms with E-state index in [4.69, 9.17) is 9.53 Å². The second-order valence-electron chi connectivity index (χ2n) is 3.44. The Morgan fingerprint density at radius 3 is 2.45 bits per heavy atom. The zero-order valence-electron chi connectivity index (χ0n) is 7.89. The van der Waals surface area contributed by atoms with E-state index in [1.54, 1.807) is 0 Å². The molecule has 2 nitrogen and oxygen atoms in total. The van der Waals surface area contributed by atoms with E-state index in [1.165, 1.54) is 18.9 Å². The summed E-state index contributed by atoms with van der Waals surface area (Å²) < 4.78 is 5.57. The largest absolute Gasteiger partial charge is 0.415 e. The number of hydrogen-bond donors (Lipinski definition) is 1. The molecule has 0 aliphatic carbocycles. The third kappa shape index (κ3) is 6.53. The van der Waals surface area contributed by atoms with Crippen molar-refractivity contribution in [1.29, 1.82) is 0 Å². The summed E-state index contributed by atoms with van der Waals surface area (Å²) in [4.78, 5) is 0. The molecule has 0 atom stereocenters. The number of aliphatic hydroxyl groups is 1. The van der Waals surface area contributed by atoms with Gasteiger partial charge in [-0.05, 0) is 19.1 Å². The van der Waals surface area contributed by atoms with Crippen LogP contribution in [0.2, 0.25) is 19.1 Å². The molecule has 0 aliphatic heterocycles.